The Kier molecular flexibility index (Phi) is 9.69. The molecule has 3 aromatic rings. The summed E-state index contributed by atoms with van der Waals surface area (Å²) in [5.41, 5.74) is 7.82. The van der Waals surface area contributed by atoms with Gasteiger partial charge in [0.1, 0.15) is 4.88 Å². The number of halogens is 2. The lowest BCUT2D eigenvalue weighted by Crippen LogP contribution is -2.37. The first-order valence-electron chi connectivity index (χ1n) is 13.7. The Morgan fingerprint density at radius 2 is 1.82 bits per heavy atom. The van der Waals surface area contributed by atoms with Gasteiger partial charge < -0.3 is 19.3 Å². The number of benzene rings is 1. The van der Waals surface area contributed by atoms with Crippen molar-refractivity contribution in [3.8, 4) is 11.3 Å². The van der Waals surface area contributed by atoms with Gasteiger partial charge in [0.15, 0.2) is 0 Å². The van der Waals surface area contributed by atoms with Crippen molar-refractivity contribution < 1.29 is 14.6 Å². The number of rotatable bonds is 5. The smallest absolute Gasteiger partial charge is 0.345 e. The van der Waals surface area contributed by atoms with Crippen molar-refractivity contribution in [1.29, 1.82) is 0 Å². The lowest BCUT2D eigenvalue weighted by atomic mass is 9.83. The lowest BCUT2D eigenvalue weighted by Gasteiger charge is -2.29. The number of aromatic nitrogens is 1. The molecule has 208 valence electrons. The number of thiophene rings is 1. The van der Waals surface area contributed by atoms with Gasteiger partial charge in [0.05, 0.1) is 22.5 Å². The molecule has 6 nitrogen and oxygen atoms in total. The Balaban J connectivity index is 0.00000168. The fourth-order valence-corrected chi connectivity index (χ4v) is 7.63. The number of hydrogen-bond acceptors (Lipinski definition) is 5. The predicted molar refractivity (Wildman–Crippen MR) is 161 cm³/mol. The van der Waals surface area contributed by atoms with Crippen molar-refractivity contribution in [2.75, 3.05) is 50.8 Å². The summed E-state index contributed by atoms with van der Waals surface area (Å²) in [5, 5.41) is 9.79. The summed E-state index contributed by atoms with van der Waals surface area (Å²) >= 11 is 1.48. The summed E-state index contributed by atoms with van der Waals surface area (Å²) < 4.78 is 9.33. The van der Waals surface area contributed by atoms with Crippen molar-refractivity contribution in [2.24, 2.45) is 0 Å². The molecule has 1 aromatic carbocycles. The monoisotopic (exact) mass is 579 g/mol. The number of carboxylic acid groups (broad SMARTS) is 1. The molecule has 3 aliphatic rings. The van der Waals surface area contributed by atoms with Crippen molar-refractivity contribution in [3.63, 3.8) is 0 Å². The SMILES string of the molecule is Cc1ccc2c(c1)N(CCN1CCCOCC1)CCn1c-2c(C2CCCCC2)c2sc(C(=O)O)cc21.Cl.Cl. The quantitative estimate of drug-likeness (QED) is 0.359. The zero-order valence-corrected chi connectivity index (χ0v) is 24.6. The van der Waals surface area contributed by atoms with Crippen molar-refractivity contribution in [3.05, 3.63) is 40.3 Å². The molecule has 1 aliphatic carbocycles. The largest absolute Gasteiger partial charge is 0.477 e. The van der Waals surface area contributed by atoms with Gasteiger partial charge in [0.25, 0.3) is 0 Å². The summed E-state index contributed by atoms with van der Waals surface area (Å²) in [5.74, 6) is -0.302. The van der Waals surface area contributed by atoms with E-state index in [1.165, 1.54) is 76.2 Å². The fourth-order valence-electron chi connectivity index (χ4n) is 6.51. The van der Waals surface area contributed by atoms with Crippen molar-refractivity contribution in [2.45, 2.75) is 57.9 Å². The minimum absolute atomic E-state index is 0. The Morgan fingerprint density at radius 1 is 1.00 bits per heavy atom. The van der Waals surface area contributed by atoms with E-state index < -0.39 is 5.97 Å². The summed E-state index contributed by atoms with van der Waals surface area (Å²) in [6.07, 6.45) is 7.35. The van der Waals surface area contributed by atoms with Crippen LogP contribution in [-0.2, 0) is 11.3 Å². The Hall–Kier alpha value is -1.77. The van der Waals surface area contributed by atoms with Crippen LogP contribution in [-0.4, -0.2) is 66.5 Å². The van der Waals surface area contributed by atoms with E-state index in [2.05, 4.69) is 39.5 Å². The first kappa shape index (κ1) is 29.2. The summed E-state index contributed by atoms with van der Waals surface area (Å²) in [7, 11) is 0. The van der Waals surface area contributed by atoms with E-state index in [-0.39, 0.29) is 24.8 Å². The molecule has 38 heavy (non-hydrogen) atoms. The fraction of sp³-hybridized carbons (Fsp3) is 0.552. The van der Waals surface area contributed by atoms with Crippen LogP contribution in [0.5, 0.6) is 0 Å². The molecule has 0 amide bonds. The minimum Gasteiger partial charge on any atom is -0.477 e. The summed E-state index contributed by atoms with van der Waals surface area (Å²) in [4.78, 5) is 17.5. The Bertz CT molecular complexity index is 1260. The van der Waals surface area contributed by atoms with Crippen LogP contribution in [0.25, 0.3) is 21.5 Å². The first-order valence-corrected chi connectivity index (χ1v) is 14.5. The number of anilines is 1. The molecule has 2 fully saturated rings. The van der Waals surface area contributed by atoms with E-state index in [0.717, 1.165) is 64.4 Å². The third-order valence-corrected chi connectivity index (χ3v) is 9.49. The number of ether oxygens (including phenoxy) is 1. The number of carbonyl (C=O) groups is 1. The number of aromatic carboxylic acids is 1. The highest BCUT2D eigenvalue weighted by molar-refractivity contribution is 7.21. The zero-order valence-electron chi connectivity index (χ0n) is 22.1. The molecular weight excluding hydrogens is 541 g/mol. The van der Waals surface area contributed by atoms with Crippen LogP contribution in [0.3, 0.4) is 0 Å². The molecule has 1 N–H and O–H groups in total. The highest BCUT2D eigenvalue weighted by Crippen LogP contribution is 2.49. The molecule has 1 saturated carbocycles. The molecule has 0 radical (unpaired) electrons. The number of aryl methyl sites for hydroxylation is 1. The second kappa shape index (κ2) is 12.6. The average molecular weight is 581 g/mol. The van der Waals surface area contributed by atoms with E-state index in [1.54, 1.807) is 0 Å². The predicted octanol–water partition coefficient (Wildman–Crippen LogP) is 6.81. The normalized spacial score (nSPS) is 18.6. The summed E-state index contributed by atoms with van der Waals surface area (Å²) in [6.45, 7) is 9.84. The molecule has 2 aromatic heterocycles. The average Bonchev–Trinajstić information content (AvgIpc) is 3.25. The summed E-state index contributed by atoms with van der Waals surface area (Å²) in [6, 6.07) is 8.86. The van der Waals surface area contributed by atoms with Crippen molar-refractivity contribution >= 4 is 58.0 Å². The molecule has 0 atom stereocenters. The topological polar surface area (TPSA) is 57.9 Å². The van der Waals surface area contributed by atoms with Crippen LogP contribution in [0.15, 0.2) is 24.3 Å². The van der Waals surface area contributed by atoms with Crippen molar-refractivity contribution in [1.82, 2.24) is 9.47 Å². The molecule has 0 bridgehead atoms. The van der Waals surface area contributed by atoms with Crippen LogP contribution in [0.4, 0.5) is 5.69 Å². The van der Waals surface area contributed by atoms with Gasteiger partial charge >= 0.3 is 5.97 Å². The maximum Gasteiger partial charge on any atom is 0.345 e. The Morgan fingerprint density at radius 3 is 2.61 bits per heavy atom. The molecule has 6 rings (SSSR count). The standard InChI is InChI=1S/C29H37N3O3S.2ClH/c1-20-8-9-22-23(18-20)31(12-11-30-10-5-16-35-17-15-30)13-14-32-24-19-25(29(33)34)36-28(24)26(27(22)32)21-6-3-2-4-7-21;;/h8-9,18-19,21H,2-7,10-17H2,1H3,(H,33,34);2*1H. The minimum atomic E-state index is -0.812. The van der Waals surface area contributed by atoms with Gasteiger partial charge in [-0.25, -0.2) is 4.79 Å². The van der Waals surface area contributed by atoms with E-state index in [4.69, 9.17) is 4.74 Å². The molecule has 0 unspecified atom stereocenters. The Labute approximate surface area is 241 Å². The van der Waals surface area contributed by atoms with Gasteiger partial charge in [0, 0.05) is 57.1 Å². The first-order chi connectivity index (χ1) is 17.6. The maximum absolute atomic E-state index is 11.9. The highest BCUT2D eigenvalue weighted by atomic mass is 35.5. The van der Waals surface area contributed by atoms with Crippen LogP contribution in [0.2, 0.25) is 0 Å². The molecular formula is C29H39Cl2N3O3S. The second-order valence-electron chi connectivity index (χ2n) is 10.7. The molecule has 4 heterocycles. The number of fused-ring (bicyclic) bond motifs is 5. The zero-order chi connectivity index (χ0) is 24.6. The third-order valence-electron chi connectivity index (χ3n) is 8.34. The number of hydrogen-bond donors (Lipinski definition) is 1. The van der Waals surface area contributed by atoms with E-state index in [9.17, 15) is 9.90 Å². The van der Waals surface area contributed by atoms with Gasteiger partial charge in [-0.05, 0) is 55.4 Å². The maximum atomic E-state index is 11.9. The van der Waals surface area contributed by atoms with Crippen LogP contribution in [0, 0.1) is 6.92 Å². The van der Waals surface area contributed by atoms with E-state index in [0.29, 0.717) is 10.8 Å². The lowest BCUT2D eigenvalue weighted by molar-refractivity contribution is 0.0702. The van der Waals surface area contributed by atoms with E-state index in [1.807, 2.05) is 6.07 Å². The van der Waals surface area contributed by atoms with Gasteiger partial charge in [-0.1, -0.05) is 31.4 Å². The third kappa shape index (κ3) is 5.59. The molecule has 0 spiro atoms. The van der Waals surface area contributed by atoms with Gasteiger partial charge in [0.2, 0.25) is 0 Å². The van der Waals surface area contributed by atoms with Gasteiger partial charge in [-0.3, -0.25) is 4.90 Å². The van der Waals surface area contributed by atoms with Crippen LogP contribution >= 0.6 is 36.2 Å². The number of carboxylic acids is 1. The van der Waals surface area contributed by atoms with Gasteiger partial charge in [-0.2, -0.15) is 0 Å². The van der Waals surface area contributed by atoms with Gasteiger partial charge in [-0.15, -0.1) is 36.2 Å². The second-order valence-corrected chi connectivity index (χ2v) is 11.7. The molecule has 2 aliphatic heterocycles. The van der Waals surface area contributed by atoms with Crippen LogP contribution in [0.1, 0.15) is 65.2 Å². The molecule has 9 heteroatoms. The van der Waals surface area contributed by atoms with Crippen LogP contribution < -0.4 is 4.90 Å². The molecule has 1 saturated heterocycles. The van der Waals surface area contributed by atoms with E-state index >= 15 is 0 Å². The number of nitrogens with zero attached hydrogens (tertiary/aromatic N) is 3. The highest BCUT2D eigenvalue weighted by Gasteiger charge is 2.32.